The monoisotopic (exact) mass is 259 g/mol. The van der Waals surface area contributed by atoms with Gasteiger partial charge in [0.05, 0.1) is 11.6 Å². The molecule has 0 bridgehead atoms. The Morgan fingerprint density at radius 1 is 1.44 bits per heavy atom. The summed E-state index contributed by atoms with van der Waals surface area (Å²) in [5, 5.41) is 4.00. The molecule has 1 saturated heterocycles. The Morgan fingerprint density at radius 3 is 2.94 bits per heavy atom. The third kappa shape index (κ3) is 2.55. The van der Waals surface area contributed by atoms with E-state index in [1.807, 2.05) is 0 Å². The van der Waals surface area contributed by atoms with E-state index in [0.29, 0.717) is 28.8 Å². The normalized spacial score (nSPS) is 20.8. The van der Waals surface area contributed by atoms with E-state index in [1.54, 1.807) is 18.2 Å². The third-order valence-corrected chi connectivity index (χ3v) is 2.98. The summed E-state index contributed by atoms with van der Waals surface area (Å²) in [6.07, 6.45) is -0.468. The highest BCUT2D eigenvalue weighted by Crippen LogP contribution is 2.22. The molecule has 1 N–H and O–H groups in total. The van der Waals surface area contributed by atoms with Crippen LogP contribution in [0, 0.1) is 0 Å². The van der Waals surface area contributed by atoms with Gasteiger partial charge < -0.3 is 10.1 Å². The van der Waals surface area contributed by atoms with Crippen LogP contribution in [0.15, 0.2) is 18.2 Å². The van der Waals surface area contributed by atoms with Crippen LogP contribution < -0.4 is 5.32 Å². The predicted molar refractivity (Wildman–Crippen MR) is 63.4 cm³/mol. The maximum atomic E-state index is 12.1. The fourth-order valence-corrected chi connectivity index (χ4v) is 1.98. The summed E-state index contributed by atoms with van der Waals surface area (Å²) >= 11 is 11.8. The largest absolute Gasteiger partial charge is 0.367 e. The number of hydrogen-bond acceptors (Lipinski definition) is 3. The minimum atomic E-state index is -0.468. The van der Waals surface area contributed by atoms with Crippen molar-refractivity contribution in [2.45, 2.75) is 6.10 Å². The SMILES string of the molecule is O=C(c1cc(Cl)ccc1Cl)C1CNCCO1. The van der Waals surface area contributed by atoms with Gasteiger partial charge in [-0.05, 0) is 18.2 Å². The second kappa shape index (κ2) is 5.15. The standard InChI is InChI=1S/C11H11Cl2NO2/c12-7-1-2-9(13)8(5-7)11(15)10-6-14-3-4-16-10/h1-2,5,10,14H,3-4,6H2. The average molecular weight is 260 g/mol. The van der Waals surface area contributed by atoms with Crippen molar-refractivity contribution in [1.29, 1.82) is 0 Å². The van der Waals surface area contributed by atoms with Gasteiger partial charge >= 0.3 is 0 Å². The fraction of sp³-hybridized carbons (Fsp3) is 0.364. The number of halogens is 2. The number of hydrogen-bond donors (Lipinski definition) is 1. The zero-order chi connectivity index (χ0) is 11.5. The van der Waals surface area contributed by atoms with Crippen molar-refractivity contribution in [3.63, 3.8) is 0 Å². The molecule has 1 aliphatic heterocycles. The van der Waals surface area contributed by atoms with Crippen LogP contribution >= 0.6 is 23.2 Å². The molecule has 0 spiro atoms. The number of rotatable bonds is 2. The Morgan fingerprint density at radius 2 is 2.25 bits per heavy atom. The Kier molecular flexibility index (Phi) is 3.82. The Hall–Kier alpha value is -0.610. The lowest BCUT2D eigenvalue weighted by Crippen LogP contribution is -2.43. The summed E-state index contributed by atoms with van der Waals surface area (Å²) in [6, 6.07) is 4.85. The molecule has 1 heterocycles. The minimum Gasteiger partial charge on any atom is -0.367 e. The molecule has 0 saturated carbocycles. The summed E-state index contributed by atoms with van der Waals surface area (Å²) in [7, 11) is 0. The molecule has 16 heavy (non-hydrogen) atoms. The molecule has 1 aromatic carbocycles. The van der Waals surface area contributed by atoms with Crippen LogP contribution in [0.1, 0.15) is 10.4 Å². The van der Waals surface area contributed by atoms with E-state index >= 15 is 0 Å². The number of benzene rings is 1. The minimum absolute atomic E-state index is 0.125. The second-order valence-electron chi connectivity index (χ2n) is 3.55. The number of ketones is 1. The highest BCUT2D eigenvalue weighted by Gasteiger charge is 2.24. The highest BCUT2D eigenvalue weighted by molar-refractivity contribution is 6.36. The first-order valence-electron chi connectivity index (χ1n) is 5.00. The lowest BCUT2D eigenvalue weighted by molar-refractivity contribution is 0.0269. The van der Waals surface area contributed by atoms with Crippen LogP contribution in [0.25, 0.3) is 0 Å². The van der Waals surface area contributed by atoms with Crippen LogP contribution in [-0.4, -0.2) is 31.6 Å². The number of carbonyl (C=O) groups is 1. The van der Waals surface area contributed by atoms with Gasteiger partial charge in [-0.15, -0.1) is 0 Å². The van der Waals surface area contributed by atoms with Gasteiger partial charge in [0.1, 0.15) is 6.10 Å². The summed E-state index contributed by atoms with van der Waals surface area (Å²) in [4.78, 5) is 12.1. The molecule has 0 radical (unpaired) electrons. The van der Waals surface area contributed by atoms with Crippen molar-refractivity contribution < 1.29 is 9.53 Å². The molecule has 1 aromatic rings. The molecule has 3 nitrogen and oxygen atoms in total. The molecule has 0 amide bonds. The van der Waals surface area contributed by atoms with Crippen LogP contribution in [0.5, 0.6) is 0 Å². The molecule has 1 aliphatic rings. The predicted octanol–water partition coefficient (Wildman–Crippen LogP) is 2.16. The molecule has 1 unspecified atom stereocenters. The molecule has 2 rings (SSSR count). The van der Waals surface area contributed by atoms with Crippen molar-refractivity contribution in [2.24, 2.45) is 0 Å². The second-order valence-corrected chi connectivity index (χ2v) is 4.40. The Balaban J connectivity index is 2.22. The van der Waals surface area contributed by atoms with Gasteiger partial charge in [-0.1, -0.05) is 23.2 Å². The number of ether oxygens (including phenoxy) is 1. The van der Waals surface area contributed by atoms with Gasteiger partial charge in [0.2, 0.25) is 0 Å². The Bertz CT molecular complexity index is 403. The first-order valence-corrected chi connectivity index (χ1v) is 5.75. The van der Waals surface area contributed by atoms with E-state index < -0.39 is 6.10 Å². The zero-order valence-corrected chi connectivity index (χ0v) is 10.0. The topological polar surface area (TPSA) is 38.3 Å². The van der Waals surface area contributed by atoms with Crippen molar-refractivity contribution in [1.82, 2.24) is 5.32 Å². The summed E-state index contributed by atoms with van der Waals surface area (Å²) in [5.74, 6) is -0.125. The summed E-state index contributed by atoms with van der Waals surface area (Å²) in [6.45, 7) is 1.82. The lowest BCUT2D eigenvalue weighted by Gasteiger charge is -2.22. The fourth-order valence-electron chi connectivity index (χ4n) is 1.59. The summed E-state index contributed by atoms with van der Waals surface area (Å²) < 4.78 is 5.38. The molecule has 5 heteroatoms. The molecular weight excluding hydrogens is 249 g/mol. The smallest absolute Gasteiger partial charge is 0.194 e. The van der Waals surface area contributed by atoms with E-state index in [4.69, 9.17) is 27.9 Å². The van der Waals surface area contributed by atoms with Crippen LogP contribution in [0.3, 0.4) is 0 Å². The number of morpholine rings is 1. The van der Waals surface area contributed by atoms with Crippen molar-refractivity contribution in [3.8, 4) is 0 Å². The molecule has 0 aliphatic carbocycles. The molecule has 86 valence electrons. The van der Waals surface area contributed by atoms with Gasteiger partial charge in [-0.25, -0.2) is 0 Å². The van der Waals surface area contributed by atoms with Gasteiger partial charge in [-0.3, -0.25) is 4.79 Å². The number of carbonyl (C=O) groups excluding carboxylic acids is 1. The quantitative estimate of drug-likeness (QED) is 0.828. The molecule has 1 atom stereocenters. The molecule has 0 aromatic heterocycles. The van der Waals surface area contributed by atoms with Gasteiger partial charge in [-0.2, -0.15) is 0 Å². The van der Waals surface area contributed by atoms with Gasteiger partial charge in [0, 0.05) is 23.7 Å². The zero-order valence-electron chi connectivity index (χ0n) is 8.50. The van der Waals surface area contributed by atoms with Crippen molar-refractivity contribution >= 4 is 29.0 Å². The third-order valence-electron chi connectivity index (χ3n) is 2.41. The van der Waals surface area contributed by atoms with Gasteiger partial charge in [0.15, 0.2) is 5.78 Å². The van der Waals surface area contributed by atoms with E-state index in [0.717, 1.165) is 6.54 Å². The van der Waals surface area contributed by atoms with Gasteiger partial charge in [0.25, 0.3) is 0 Å². The molecule has 1 fully saturated rings. The maximum Gasteiger partial charge on any atom is 0.194 e. The van der Waals surface area contributed by atoms with Crippen molar-refractivity contribution in [3.05, 3.63) is 33.8 Å². The van der Waals surface area contributed by atoms with Crippen LogP contribution in [0.2, 0.25) is 10.0 Å². The van der Waals surface area contributed by atoms with Crippen LogP contribution in [-0.2, 0) is 4.74 Å². The number of Topliss-reactive ketones (excluding diaryl/α,β-unsaturated/α-hetero) is 1. The summed E-state index contributed by atoms with van der Waals surface area (Å²) in [5.41, 5.74) is 0.419. The van der Waals surface area contributed by atoms with E-state index in [9.17, 15) is 4.79 Å². The van der Waals surface area contributed by atoms with E-state index in [1.165, 1.54) is 0 Å². The molecular formula is C11H11Cl2NO2. The average Bonchev–Trinajstić information content (AvgIpc) is 2.32. The highest BCUT2D eigenvalue weighted by atomic mass is 35.5. The maximum absolute atomic E-state index is 12.1. The number of nitrogens with one attached hydrogen (secondary N) is 1. The van der Waals surface area contributed by atoms with E-state index in [-0.39, 0.29) is 5.78 Å². The lowest BCUT2D eigenvalue weighted by atomic mass is 10.1. The first-order chi connectivity index (χ1) is 7.68. The van der Waals surface area contributed by atoms with E-state index in [2.05, 4.69) is 5.32 Å². The first kappa shape index (κ1) is 11.9. The van der Waals surface area contributed by atoms with Crippen molar-refractivity contribution in [2.75, 3.05) is 19.7 Å². The van der Waals surface area contributed by atoms with Crippen LogP contribution in [0.4, 0.5) is 0 Å². The Labute approximate surface area is 104 Å².